The molecule has 2 aromatic carbocycles. The quantitative estimate of drug-likeness (QED) is 0.877. The summed E-state index contributed by atoms with van der Waals surface area (Å²) in [6.07, 6.45) is 1.01. The number of ether oxygens (including phenoxy) is 2. The third-order valence-electron chi connectivity index (χ3n) is 3.22. The maximum atomic E-state index is 11.9. The number of anilines is 1. The lowest BCUT2D eigenvalue weighted by atomic mass is 10.1. The second-order valence-electron chi connectivity index (χ2n) is 4.74. The summed E-state index contributed by atoms with van der Waals surface area (Å²) < 4.78 is 10.4. The maximum absolute atomic E-state index is 11.9. The van der Waals surface area contributed by atoms with Gasteiger partial charge in [0.05, 0.1) is 14.2 Å². The predicted octanol–water partition coefficient (Wildman–Crippen LogP) is 3.93. The highest BCUT2D eigenvalue weighted by Gasteiger charge is 2.07. The van der Waals surface area contributed by atoms with Crippen LogP contribution in [0.25, 0.3) is 0 Å². The average molecular weight is 320 g/mol. The summed E-state index contributed by atoms with van der Waals surface area (Å²) in [5.41, 5.74) is 1.76. The summed E-state index contributed by atoms with van der Waals surface area (Å²) >= 11 is 5.81. The van der Waals surface area contributed by atoms with Crippen LogP contribution in [0.15, 0.2) is 42.5 Å². The van der Waals surface area contributed by atoms with Crippen molar-refractivity contribution in [3.63, 3.8) is 0 Å². The SMILES string of the molecule is COc1ccc(CCC(=O)Nc2ccc(Cl)cc2)cc1OC. The molecular formula is C17H18ClNO3. The van der Waals surface area contributed by atoms with E-state index in [9.17, 15) is 4.79 Å². The van der Waals surface area contributed by atoms with E-state index >= 15 is 0 Å². The summed E-state index contributed by atoms with van der Waals surface area (Å²) in [6.45, 7) is 0. The molecule has 1 amide bonds. The van der Waals surface area contributed by atoms with Gasteiger partial charge in [-0.05, 0) is 48.4 Å². The molecule has 2 rings (SSSR count). The minimum Gasteiger partial charge on any atom is -0.493 e. The fraction of sp³-hybridized carbons (Fsp3) is 0.235. The molecule has 0 aliphatic rings. The molecule has 0 bridgehead atoms. The summed E-state index contributed by atoms with van der Waals surface area (Å²) in [7, 11) is 3.19. The van der Waals surface area contributed by atoms with Crippen LogP contribution < -0.4 is 14.8 Å². The molecule has 0 saturated carbocycles. The fourth-order valence-electron chi connectivity index (χ4n) is 2.05. The van der Waals surface area contributed by atoms with Crippen molar-refractivity contribution in [3.8, 4) is 11.5 Å². The Bertz CT molecular complexity index is 641. The smallest absolute Gasteiger partial charge is 0.224 e. The molecule has 116 valence electrons. The lowest BCUT2D eigenvalue weighted by Gasteiger charge is -2.10. The van der Waals surface area contributed by atoms with E-state index in [1.54, 1.807) is 38.5 Å². The normalized spacial score (nSPS) is 10.1. The Kier molecular flexibility index (Phi) is 5.67. The summed E-state index contributed by atoms with van der Waals surface area (Å²) in [4.78, 5) is 11.9. The Morgan fingerprint density at radius 2 is 1.73 bits per heavy atom. The van der Waals surface area contributed by atoms with Gasteiger partial charge in [0.2, 0.25) is 5.91 Å². The zero-order valence-corrected chi connectivity index (χ0v) is 13.3. The van der Waals surface area contributed by atoms with Gasteiger partial charge in [0.1, 0.15) is 0 Å². The monoisotopic (exact) mass is 319 g/mol. The van der Waals surface area contributed by atoms with E-state index in [4.69, 9.17) is 21.1 Å². The minimum atomic E-state index is -0.0443. The molecule has 0 aliphatic carbocycles. The van der Waals surface area contributed by atoms with E-state index < -0.39 is 0 Å². The van der Waals surface area contributed by atoms with Gasteiger partial charge in [0.25, 0.3) is 0 Å². The molecule has 22 heavy (non-hydrogen) atoms. The summed E-state index contributed by atoms with van der Waals surface area (Å²) in [5, 5.41) is 3.48. The van der Waals surface area contributed by atoms with Crippen molar-refractivity contribution >= 4 is 23.2 Å². The molecule has 0 aromatic heterocycles. The molecule has 1 N–H and O–H groups in total. The first-order valence-electron chi connectivity index (χ1n) is 6.88. The molecule has 0 unspecified atom stereocenters. The second-order valence-corrected chi connectivity index (χ2v) is 5.18. The second kappa shape index (κ2) is 7.71. The van der Waals surface area contributed by atoms with Crippen molar-refractivity contribution in [1.82, 2.24) is 0 Å². The highest BCUT2D eigenvalue weighted by molar-refractivity contribution is 6.30. The number of amides is 1. The van der Waals surface area contributed by atoms with E-state index in [1.807, 2.05) is 18.2 Å². The van der Waals surface area contributed by atoms with Crippen LogP contribution >= 0.6 is 11.6 Å². The molecule has 0 radical (unpaired) electrons. The van der Waals surface area contributed by atoms with Crippen LogP contribution in [-0.4, -0.2) is 20.1 Å². The van der Waals surface area contributed by atoms with Gasteiger partial charge >= 0.3 is 0 Å². The fourth-order valence-corrected chi connectivity index (χ4v) is 2.18. The zero-order valence-electron chi connectivity index (χ0n) is 12.6. The minimum absolute atomic E-state index is 0.0443. The van der Waals surface area contributed by atoms with Gasteiger partial charge in [-0.15, -0.1) is 0 Å². The molecule has 0 aliphatic heterocycles. The molecule has 0 atom stereocenters. The number of nitrogens with one attached hydrogen (secondary N) is 1. The molecule has 5 heteroatoms. The number of carbonyl (C=O) groups excluding carboxylic acids is 1. The Hall–Kier alpha value is -2.20. The van der Waals surface area contributed by atoms with Crippen LogP contribution in [0.2, 0.25) is 5.02 Å². The van der Waals surface area contributed by atoms with E-state index in [0.29, 0.717) is 29.4 Å². The molecule has 2 aromatic rings. The number of halogens is 1. The van der Waals surface area contributed by atoms with E-state index in [2.05, 4.69) is 5.32 Å². The average Bonchev–Trinajstić information content (AvgIpc) is 2.54. The van der Waals surface area contributed by atoms with Crippen molar-refractivity contribution in [2.45, 2.75) is 12.8 Å². The van der Waals surface area contributed by atoms with Crippen molar-refractivity contribution < 1.29 is 14.3 Å². The van der Waals surface area contributed by atoms with Gasteiger partial charge in [0, 0.05) is 17.1 Å². The van der Waals surface area contributed by atoms with Gasteiger partial charge in [-0.1, -0.05) is 17.7 Å². The Morgan fingerprint density at radius 1 is 1.05 bits per heavy atom. The number of rotatable bonds is 6. The third kappa shape index (κ3) is 4.40. The van der Waals surface area contributed by atoms with Crippen LogP contribution in [-0.2, 0) is 11.2 Å². The molecular weight excluding hydrogens is 302 g/mol. The number of methoxy groups -OCH3 is 2. The standard InChI is InChI=1S/C17H18ClNO3/c1-21-15-9-3-12(11-16(15)22-2)4-10-17(20)19-14-7-5-13(18)6-8-14/h3,5-9,11H,4,10H2,1-2H3,(H,19,20). The third-order valence-corrected chi connectivity index (χ3v) is 3.47. The Labute approximate surface area is 135 Å². The maximum Gasteiger partial charge on any atom is 0.224 e. The van der Waals surface area contributed by atoms with Crippen LogP contribution in [0.3, 0.4) is 0 Å². The first kappa shape index (κ1) is 16.2. The largest absolute Gasteiger partial charge is 0.493 e. The van der Waals surface area contributed by atoms with Gasteiger partial charge < -0.3 is 14.8 Å². The highest BCUT2D eigenvalue weighted by Crippen LogP contribution is 2.28. The van der Waals surface area contributed by atoms with Crippen molar-refractivity contribution in [2.24, 2.45) is 0 Å². The first-order chi connectivity index (χ1) is 10.6. The lowest BCUT2D eigenvalue weighted by Crippen LogP contribution is -2.12. The number of hydrogen-bond acceptors (Lipinski definition) is 3. The van der Waals surface area contributed by atoms with E-state index in [1.165, 1.54) is 0 Å². The highest BCUT2D eigenvalue weighted by atomic mass is 35.5. The molecule has 0 saturated heterocycles. The molecule has 0 fully saturated rings. The number of aryl methyl sites for hydroxylation is 1. The Balaban J connectivity index is 1.92. The predicted molar refractivity (Wildman–Crippen MR) is 87.9 cm³/mol. The number of hydrogen-bond donors (Lipinski definition) is 1. The van der Waals surface area contributed by atoms with Gasteiger partial charge in [-0.25, -0.2) is 0 Å². The van der Waals surface area contributed by atoms with Gasteiger partial charge in [-0.2, -0.15) is 0 Å². The van der Waals surface area contributed by atoms with Crippen molar-refractivity contribution in [1.29, 1.82) is 0 Å². The Morgan fingerprint density at radius 3 is 2.36 bits per heavy atom. The van der Waals surface area contributed by atoms with E-state index in [0.717, 1.165) is 11.3 Å². The summed E-state index contributed by atoms with van der Waals surface area (Å²) in [6, 6.07) is 12.7. The zero-order chi connectivity index (χ0) is 15.9. The van der Waals surface area contributed by atoms with Crippen LogP contribution in [0, 0.1) is 0 Å². The number of benzene rings is 2. The molecule has 0 heterocycles. The van der Waals surface area contributed by atoms with Gasteiger partial charge in [0.15, 0.2) is 11.5 Å². The number of carbonyl (C=O) groups is 1. The van der Waals surface area contributed by atoms with Crippen molar-refractivity contribution in [3.05, 3.63) is 53.1 Å². The van der Waals surface area contributed by atoms with Crippen LogP contribution in [0.5, 0.6) is 11.5 Å². The van der Waals surface area contributed by atoms with Crippen LogP contribution in [0.1, 0.15) is 12.0 Å². The van der Waals surface area contributed by atoms with Crippen molar-refractivity contribution in [2.75, 3.05) is 19.5 Å². The lowest BCUT2D eigenvalue weighted by molar-refractivity contribution is -0.116. The van der Waals surface area contributed by atoms with Crippen LogP contribution in [0.4, 0.5) is 5.69 Å². The first-order valence-corrected chi connectivity index (χ1v) is 7.26. The van der Waals surface area contributed by atoms with E-state index in [-0.39, 0.29) is 5.91 Å². The molecule has 4 nitrogen and oxygen atoms in total. The van der Waals surface area contributed by atoms with Gasteiger partial charge in [-0.3, -0.25) is 4.79 Å². The summed E-state index contributed by atoms with van der Waals surface area (Å²) in [5.74, 6) is 1.30. The topological polar surface area (TPSA) is 47.6 Å². The molecule has 0 spiro atoms.